The van der Waals surface area contributed by atoms with Crippen LogP contribution in [0.2, 0.25) is 0 Å². The number of primary sulfonamides is 1. The first-order valence-electron chi connectivity index (χ1n) is 10.4. The van der Waals surface area contributed by atoms with E-state index in [4.69, 9.17) is 9.88 Å². The van der Waals surface area contributed by atoms with Gasteiger partial charge in [0.25, 0.3) is 0 Å². The van der Waals surface area contributed by atoms with Gasteiger partial charge in [-0.2, -0.15) is 0 Å². The fourth-order valence-electron chi connectivity index (χ4n) is 3.46. The molecule has 0 radical (unpaired) electrons. The Hall–Kier alpha value is -2.72. The van der Waals surface area contributed by atoms with E-state index in [2.05, 4.69) is 46.0 Å². The third-order valence-corrected chi connectivity index (χ3v) is 6.67. The van der Waals surface area contributed by atoms with E-state index in [0.29, 0.717) is 16.6 Å². The zero-order valence-electron chi connectivity index (χ0n) is 18.0. The number of rotatable bonds is 7. The molecular formula is C23H26N4O3S2. The van der Waals surface area contributed by atoms with Gasteiger partial charge in [0.15, 0.2) is 5.13 Å². The van der Waals surface area contributed by atoms with E-state index in [1.54, 1.807) is 6.07 Å². The molecule has 0 fully saturated rings. The predicted octanol–water partition coefficient (Wildman–Crippen LogP) is 4.37. The summed E-state index contributed by atoms with van der Waals surface area (Å²) in [6.07, 6.45) is 3.19. The van der Waals surface area contributed by atoms with Gasteiger partial charge in [0.05, 0.1) is 22.4 Å². The molecule has 0 spiro atoms. The van der Waals surface area contributed by atoms with E-state index in [-0.39, 0.29) is 11.0 Å². The number of nitrogens with two attached hydrogens (primary N) is 1. The van der Waals surface area contributed by atoms with E-state index >= 15 is 0 Å². The Bertz CT molecular complexity index is 1230. The highest BCUT2D eigenvalue weighted by atomic mass is 32.2. The molecule has 0 bridgehead atoms. The lowest BCUT2D eigenvalue weighted by Gasteiger charge is -2.15. The van der Waals surface area contributed by atoms with Gasteiger partial charge in [0, 0.05) is 17.5 Å². The largest absolute Gasteiger partial charge is 0.489 e. The molecule has 9 heteroatoms. The maximum absolute atomic E-state index is 11.8. The maximum Gasteiger partial charge on any atom is 0.238 e. The first kappa shape index (κ1) is 22.5. The van der Waals surface area contributed by atoms with Gasteiger partial charge < -0.3 is 15.4 Å². The molecule has 2 aromatic carbocycles. The molecule has 32 heavy (non-hydrogen) atoms. The molecule has 1 aliphatic heterocycles. The van der Waals surface area contributed by atoms with Gasteiger partial charge in [-0.05, 0) is 56.1 Å². The van der Waals surface area contributed by atoms with Crippen molar-refractivity contribution in [1.82, 2.24) is 10.3 Å². The van der Waals surface area contributed by atoms with Crippen molar-refractivity contribution in [3.63, 3.8) is 0 Å². The number of ether oxygens (including phenoxy) is 1. The van der Waals surface area contributed by atoms with Crippen LogP contribution in [0.1, 0.15) is 25.8 Å². The number of nitrogens with zero attached hydrogens (tertiary/aromatic N) is 1. The zero-order valence-corrected chi connectivity index (χ0v) is 19.6. The third kappa shape index (κ3) is 5.36. The van der Waals surface area contributed by atoms with Crippen molar-refractivity contribution in [2.24, 2.45) is 5.14 Å². The number of anilines is 2. The summed E-state index contributed by atoms with van der Waals surface area (Å²) in [5.41, 5.74) is 4.96. The van der Waals surface area contributed by atoms with Crippen LogP contribution in [0.25, 0.3) is 16.8 Å². The average molecular weight is 471 g/mol. The molecule has 0 saturated carbocycles. The number of benzene rings is 2. The second-order valence-electron chi connectivity index (χ2n) is 7.79. The van der Waals surface area contributed by atoms with E-state index in [0.717, 1.165) is 30.8 Å². The van der Waals surface area contributed by atoms with Crippen molar-refractivity contribution in [3.8, 4) is 17.0 Å². The molecule has 3 aromatic rings. The Morgan fingerprint density at radius 3 is 2.56 bits per heavy atom. The second kappa shape index (κ2) is 9.41. The topological polar surface area (TPSA) is 106 Å². The Morgan fingerprint density at radius 2 is 1.91 bits per heavy atom. The van der Waals surface area contributed by atoms with Crippen molar-refractivity contribution in [2.75, 3.05) is 18.4 Å². The molecule has 1 aliphatic rings. The lowest BCUT2D eigenvalue weighted by Crippen LogP contribution is -2.19. The minimum Gasteiger partial charge on any atom is -0.489 e. The van der Waals surface area contributed by atoms with E-state index in [9.17, 15) is 8.42 Å². The highest BCUT2D eigenvalue weighted by molar-refractivity contribution is 7.89. The lowest BCUT2D eigenvalue weighted by atomic mass is 9.99. The molecule has 1 aromatic heterocycles. The first-order valence-corrected chi connectivity index (χ1v) is 12.8. The molecule has 4 N–H and O–H groups in total. The molecule has 0 saturated heterocycles. The van der Waals surface area contributed by atoms with Gasteiger partial charge in [0.2, 0.25) is 10.0 Å². The standard InChI is InChI=1S/C23H26N4O3S2/c1-15(2)30-22-8-7-19(32(24,28)29)13-20(22)26-23-27-21(14-31-23)18-5-3-16(4-6-18)17-9-11-25-12-10-17/h3-9,13-15,25H,10-12H2,1-2H3,(H,26,27)(H2,24,28,29). The molecule has 4 rings (SSSR count). The Labute approximate surface area is 192 Å². The first-order chi connectivity index (χ1) is 15.3. The highest BCUT2D eigenvalue weighted by Gasteiger charge is 2.15. The average Bonchev–Trinajstić information content (AvgIpc) is 3.23. The van der Waals surface area contributed by atoms with Crippen molar-refractivity contribution >= 4 is 37.8 Å². The van der Waals surface area contributed by atoms with Crippen molar-refractivity contribution in [1.29, 1.82) is 0 Å². The molecule has 0 amide bonds. The van der Waals surface area contributed by atoms with Crippen LogP contribution in [0, 0.1) is 0 Å². The molecule has 0 aliphatic carbocycles. The molecule has 0 unspecified atom stereocenters. The van der Waals surface area contributed by atoms with E-state index < -0.39 is 10.0 Å². The lowest BCUT2D eigenvalue weighted by molar-refractivity contribution is 0.243. The summed E-state index contributed by atoms with van der Waals surface area (Å²) < 4.78 is 29.4. The van der Waals surface area contributed by atoms with Gasteiger partial charge in [-0.25, -0.2) is 18.5 Å². The van der Waals surface area contributed by atoms with Gasteiger partial charge >= 0.3 is 0 Å². The van der Waals surface area contributed by atoms with Crippen molar-refractivity contribution < 1.29 is 13.2 Å². The summed E-state index contributed by atoms with van der Waals surface area (Å²) in [6.45, 7) is 5.72. The van der Waals surface area contributed by atoms with Gasteiger partial charge in [-0.15, -0.1) is 11.3 Å². The fourth-order valence-corrected chi connectivity index (χ4v) is 4.73. The number of sulfonamides is 1. The third-order valence-electron chi connectivity index (χ3n) is 5.00. The van der Waals surface area contributed by atoms with E-state index in [1.165, 1.54) is 34.6 Å². The van der Waals surface area contributed by atoms with Gasteiger partial charge in [-0.1, -0.05) is 30.3 Å². The highest BCUT2D eigenvalue weighted by Crippen LogP contribution is 2.34. The second-order valence-corrected chi connectivity index (χ2v) is 10.2. The number of hydrogen-bond acceptors (Lipinski definition) is 7. The van der Waals surface area contributed by atoms with Crippen LogP contribution in [0.3, 0.4) is 0 Å². The summed E-state index contributed by atoms with van der Waals surface area (Å²) >= 11 is 1.43. The minimum absolute atomic E-state index is 0.00990. The van der Waals surface area contributed by atoms with Crippen LogP contribution in [0.4, 0.5) is 10.8 Å². The number of thiazole rings is 1. The fraction of sp³-hybridized carbons (Fsp3) is 0.261. The summed E-state index contributed by atoms with van der Waals surface area (Å²) in [4.78, 5) is 4.69. The Morgan fingerprint density at radius 1 is 1.16 bits per heavy atom. The number of hydrogen-bond donors (Lipinski definition) is 3. The zero-order chi connectivity index (χ0) is 22.7. The van der Waals surface area contributed by atoms with Crippen LogP contribution < -0.4 is 20.5 Å². The van der Waals surface area contributed by atoms with Crippen molar-refractivity contribution in [2.45, 2.75) is 31.3 Å². The van der Waals surface area contributed by atoms with Gasteiger partial charge in [0.1, 0.15) is 5.75 Å². The molecular weight excluding hydrogens is 444 g/mol. The van der Waals surface area contributed by atoms with Crippen LogP contribution in [-0.2, 0) is 10.0 Å². The van der Waals surface area contributed by atoms with Crippen LogP contribution in [0.15, 0.2) is 58.8 Å². The Kier molecular flexibility index (Phi) is 6.61. The monoisotopic (exact) mass is 470 g/mol. The van der Waals surface area contributed by atoms with Crippen molar-refractivity contribution in [3.05, 3.63) is 59.5 Å². The van der Waals surface area contributed by atoms with Crippen LogP contribution >= 0.6 is 11.3 Å². The van der Waals surface area contributed by atoms with Gasteiger partial charge in [-0.3, -0.25) is 0 Å². The normalized spacial score (nSPS) is 14.3. The summed E-state index contributed by atoms with van der Waals surface area (Å²) in [5, 5.41) is 14.4. The number of aromatic nitrogens is 1. The molecule has 0 atom stereocenters. The quantitative estimate of drug-likeness (QED) is 0.474. The minimum atomic E-state index is -3.84. The van der Waals surface area contributed by atoms with E-state index in [1.807, 2.05) is 19.2 Å². The summed E-state index contributed by atoms with van der Waals surface area (Å²) in [6, 6.07) is 12.9. The van der Waals surface area contributed by atoms with Crippen LogP contribution in [-0.4, -0.2) is 32.6 Å². The number of nitrogens with one attached hydrogen (secondary N) is 2. The Balaban J connectivity index is 1.57. The molecule has 2 heterocycles. The smallest absolute Gasteiger partial charge is 0.238 e. The predicted molar refractivity (Wildman–Crippen MR) is 130 cm³/mol. The molecule has 168 valence electrons. The molecule has 7 nitrogen and oxygen atoms in total. The van der Waals surface area contributed by atoms with Crippen LogP contribution in [0.5, 0.6) is 5.75 Å². The maximum atomic E-state index is 11.8. The SMILES string of the molecule is CC(C)Oc1ccc(S(N)(=O)=O)cc1Nc1nc(-c2ccc(C3=CCNCC3)cc2)cs1. The summed E-state index contributed by atoms with van der Waals surface area (Å²) in [7, 11) is -3.84. The summed E-state index contributed by atoms with van der Waals surface area (Å²) in [5.74, 6) is 0.531.